The first-order valence-corrected chi connectivity index (χ1v) is 11.0. The largest absolute Gasteiger partial charge is 0.369 e. The van der Waals surface area contributed by atoms with Gasteiger partial charge in [-0.15, -0.1) is 0 Å². The van der Waals surface area contributed by atoms with Crippen LogP contribution in [0.1, 0.15) is 27.2 Å². The Labute approximate surface area is 192 Å². The normalized spacial score (nSPS) is 14.5. The Kier molecular flexibility index (Phi) is 5.63. The molecule has 1 aliphatic rings. The molecule has 4 aromatic rings. The molecule has 1 aliphatic heterocycles. The number of likely N-dealkylation sites (N-methyl/N-ethyl adjacent to an activating group) is 1. The molecule has 1 saturated heterocycles. The lowest BCUT2D eigenvalue weighted by atomic mass is 10.1. The van der Waals surface area contributed by atoms with Crippen LogP contribution in [0.4, 0.5) is 5.69 Å². The van der Waals surface area contributed by atoms with Crippen molar-refractivity contribution < 1.29 is 4.79 Å². The monoisotopic (exact) mass is 439 g/mol. The maximum atomic E-state index is 13.0. The average Bonchev–Trinajstić information content (AvgIpc) is 3.46. The lowest BCUT2D eigenvalue weighted by molar-refractivity contribution is 0.0989. The van der Waals surface area contributed by atoms with E-state index in [2.05, 4.69) is 50.3 Å². The smallest absolute Gasteiger partial charge is 0.188 e. The van der Waals surface area contributed by atoms with Crippen molar-refractivity contribution in [3.63, 3.8) is 0 Å². The molecule has 8 heteroatoms. The minimum Gasteiger partial charge on any atom is -0.369 e. The zero-order valence-corrected chi connectivity index (χ0v) is 18.5. The van der Waals surface area contributed by atoms with Gasteiger partial charge in [0.05, 0.1) is 29.9 Å². The third kappa shape index (κ3) is 4.49. The number of carbonyl (C=O) groups is 1. The molecular formula is C25H25N7O. The number of rotatable bonds is 6. The summed E-state index contributed by atoms with van der Waals surface area (Å²) >= 11 is 0. The Morgan fingerprint density at radius 3 is 2.79 bits per heavy atom. The van der Waals surface area contributed by atoms with Gasteiger partial charge in [0, 0.05) is 49.9 Å². The van der Waals surface area contributed by atoms with Gasteiger partial charge >= 0.3 is 0 Å². The van der Waals surface area contributed by atoms with Gasteiger partial charge in [-0.3, -0.25) is 14.6 Å². The van der Waals surface area contributed by atoms with E-state index < -0.39 is 0 Å². The van der Waals surface area contributed by atoms with Gasteiger partial charge in [0.1, 0.15) is 5.69 Å². The highest BCUT2D eigenvalue weighted by Crippen LogP contribution is 2.24. The molecule has 1 fully saturated rings. The topological polar surface area (TPSA) is 93.8 Å². The Bertz CT molecular complexity index is 1340. The molecule has 0 saturated carbocycles. The van der Waals surface area contributed by atoms with Gasteiger partial charge in [-0.05, 0) is 48.5 Å². The fourth-order valence-corrected chi connectivity index (χ4v) is 4.26. The fourth-order valence-electron chi connectivity index (χ4n) is 4.26. The van der Waals surface area contributed by atoms with E-state index in [1.165, 1.54) is 0 Å². The van der Waals surface area contributed by atoms with Crippen molar-refractivity contribution >= 4 is 22.4 Å². The van der Waals surface area contributed by atoms with Crippen LogP contribution in [0, 0.1) is 11.3 Å². The summed E-state index contributed by atoms with van der Waals surface area (Å²) in [6.45, 7) is 4.62. The highest BCUT2D eigenvalue weighted by atomic mass is 16.1. The minimum absolute atomic E-state index is 0.0420. The number of hydrogen-bond donors (Lipinski definition) is 1. The van der Waals surface area contributed by atoms with E-state index in [1.807, 2.05) is 30.5 Å². The minimum atomic E-state index is -0.0420. The first kappa shape index (κ1) is 20.9. The maximum absolute atomic E-state index is 13.0. The molecule has 0 spiro atoms. The third-order valence-electron chi connectivity index (χ3n) is 6.13. The van der Waals surface area contributed by atoms with Crippen LogP contribution in [0.5, 0.6) is 0 Å². The first-order chi connectivity index (χ1) is 16.1. The lowest BCUT2D eigenvalue weighted by Gasteiger charge is -2.34. The van der Waals surface area contributed by atoms with Gasteiger partial charge in [-0.2, -0.15) is 15.5 Å². The summed E-state index contributed by atoms with van der Waals surface area (Å²) in [5, 5.41) is 21.6. The van der Waals surface area contributed by atoms with Crippen molar-refractivity contribution in [2.75, 3.05) is 38.1 Å². The number of nitrogens with one attached hydrogen (secondary N) is 1. The van der Waals surface area contributed by atoms with Gasteiger partial charge in [-0.25, -0.2) is 0 Å². The predicted molar refractivity (Wildman–Crippen MR) is 126 cm³/mol. The van der Waals surface area contributed by atoms with Crippen molar-refractivity contribution in [1.82, 2.24) is 24.9 Å². The van der Waals surface area contributed by atoms with E-state index >= 15 is 0 Å². The molecule has 1 N–H and O–H groups in total. The molecule has 0 aliphatic carbocycles. The molecule has 0 amide bonds. The second-order valence-corrected chi connectivity index (χ2v) is 8.55. The van der Waals surface area contributed by atoms with Crippen LogP contribution in [0.3, 0.4) is 0 Å². The van der Waals surface area contributed by atoms with Crippen molar-refractivity contribution in [3.05, 3.63) is 77.2 Å². The summed E-state index contributed by atoms with van der Waals surface area (Å²) in [5.41, 5.74) is 4.94. The summed E-state index contributed by atoms with van der Waals surface area (Å²) in [6.07, 6.45) is 3.82. The SMILES string of the molecule is CN1CCN(c2ccc3c(C(=O)Cc4cnn(Cc5cccc(C#N)c5)c4)n[nH]c3c2)CC1. The number of aromatic nitrogens is 4. The van der Waals surface area contributed by atoms with Gasteiger partial charge in [0.2, 0.25) is 0 Å². The van der Waals surface area contributed by atoms with Crippen LogP contribution >= 0.6 is 0 Å². The van der Waals surface area contributed by atoms with Gasteiger partial charge in [-0.1, -0.05) is 12.1 Å². The summed E-state index contributed by atoms with van der Waals surface area (Å²) in [5.74, 6) is -0.0420. The summed E-state index contributed by atoms with van der Waals surface area (Å²) in [7, 11) is 2.14. The van der Waals surface area contributed by atoms with Gasteiger partial charge < -0.3 is 9.80 Å². The molecule has 8 nitrogen and oxygen atoms in total. The summed E-state index contributed by atoms with van der Waals surface area (Å²) in [6, 6.07) is 15.7. The van der Waals surface area contributed by atoms with Crippen molar-refractivity contribution in [3.8, 4) is 6.07 Å². The Balaban J connectivity index is 1.28. The first-order valence-electron chi connectivity index (χ1n) is 11.0. The average molecular weight is 440 g/mol. The van der Waals surface area contributed by atoms with Gasteiger partial charge in [0.15, 0.2) is 5.78 Å². The number of carbonyl (C=O) groups excluding carboxylic acids is 1. The Morgan fingerprint density at radius 1 is 1.12 bits per heavy atom. The number of nitriles is 1. The van der Waals surface area contributed by atoms with E-state index in [0.717, 1.165) is 53.9 Å². The Morgan fingerprint density at radius 2 is 1.97 bits per heavy atom. The summed E-state index contributed by atoms with van der Waals surface area (Å²) < 4.78 is 1.78. The molecule has 166 valence electrons. The van der Waals surface area contributed by atoms with Crippen LogP contribution in [-0.2, 0) is 13.0 Å². The summed E-state index contributed by atoms with van der Waals surface area (Å²) in [4.78, 5) is 17.7. The molecule has 3 heterocycles. The molecule has 0 unspecified atom stereocenters. The standard InChI is InChI=1S/C25H25N7O/c1-30-7-9-31(10-8-30)21-5-6-22-23(13-21)28-29-25(22)24(33)12-20-15-27-32(17-20)16-19-4-2-3-18(11-19)14-26/h2-6,11,13,15,17H,7-10,12,16H2,1H3,(H,28,29). The quantitative estimate of drug-likeness (QED) is 0.465. The number of nitrogens with zero attached hydrogens (tertiary/aromatic N) is 6. The van der Waals surface area contributed by atoms with Crippen LogP contribution in [0.25, 0.3) is 10.9 Å². The predicted octanol–water partition coefficient (Wildman–Crippen LogP) is 2.86. The molecule has 0 atom stereocenters. The highest BCUT2D eigenvalue weighted by Gasteiger charge is 2.18. The number of ketones is 1. The molecule has 33 heavy (non-hydrogen) atoms. The van der Waals surface area contributed by atoms with Gasteiger partial charge in [0.25, 0.3) is 0 Å². The number of fused-ring (bicyclic) bond motifs is 1. The highest BCUT2D eigenvalue weighted by molar-refractivity contribution is 6.07. The Hall–Kier alpha value is -3.96. The van der Waals surface area contributed by atoms with Crippen LogP contribution in [0.2, 0.25) is 0 Å². The fraction of sp³-hybridized carbons (Fsp3) is 0.280. The lowest BCUT2D eigenvalue weighted by Crippen LogP contribution is -2.44. The van der Waals surface area contributed by atoms with Crippen LogP contribution in [-0.4, -0.2) is 63.9 Å². The second-order valence-electron chi connectivity index (χ2n) is 8.55. The van der Waals surface area contributed by atoms with Crippen LogP contribution in [0.15, 0.2) is 54.9 Å². The van der Waals surface area contributed by atoms with E-state index in [-0.39, 0.29) is 12.2 Å². The molecule has 2 aromatic heterocycles. The van der Waals surface area contributed by atoms with E-state index in [0.29, 0.717) is 17.8 Å². The molecule has 0 radical (unpaired) electrons. The van der Waals surface area contributed by atoms with Crippen molar-refractivity contribution in [2.45, 2.75) is 13.0 Å². The second kappa shape index (κ2) is 8.88. The molecular weight excluding hydrogens is 414 g/mol. The molecule has 5 rings (SSSR count). The van der Waals surface area contributed by atoms with E-state index in [4.69, 9.17) is 5.26 Å². The number of H-pyrrole nitrogens is 1. The van der Waals surface area contributed by atoms with Crippen molar-refractivity contribution in [1.29, 1.82) is 5.26 Å². The maximum Gasteiger partial charge on any atom is 0.188 e. The molecule has 0 bridgehead atoms. The number of Topliss-reactive ketones (excluding diaryl/α,β-unsaturated/α-hetero) is 1. The number of piperazine rings is 1. The number of hydrogen-bond acceptors (Lipinski definition) is 6. The third-order valence-corrected chi connectivity index (χ3v) is 6.13. The zero-order chi connectivity index (χ0) is 22.8. The number of aromatic amines is 1. The number of benzene rings is 2. The van der Waals surface area contributed by atoms with E-state index in [9.17, 15) is 4.79 Å². The van der Waals surface area contributed by atoms with Crippen molar-refractivity contribution in [2.24, 2.45) is 0 Å². The van der Waals surface area contributed by atoms with Crippen LogP contribution < -0.4 is 4.90 Å². The van der Waals surface area contributed by atoms with E-state index in [1.54, 1.807) is 16.9 Å². The molecule has 2 aromatic carbocycles. The zero-order valence-electron chi connectivity index (χ0n) is 18.5. The number of anilines is 1.